The molecule has 3 aromatic rings. The van der Waals surface area contributed by atoms with Crippen molar-refractivity contribution in [2.24, 2.45) is 0 Å². The third-order valence-electron chi connectivity index (χ3n) is 5.04. The topological polar surface area (TPSA) is 83.6 Å². The first-order chi connectivity index (χ1) is 13.1. The molecule has 1 aliphatic rings. The number of hydrogen-bond donors (Lipinski definition) is 1. The second kappa shape index (κ2) is 6.90. The van der Waals surface area contributed by atoms with Crippen molar-refractivity contribution in [1.29, 1.82) is 0 Å². The van der Waals surface area contributed by atoms with E-state index in [2.05, 4.69) is 25.4 Å². The van der Waals surface area contributed by atoms with Crippen LogP contribution in [-0.2, 0) is 6.54 Å². The van der Waals surface area contributed by atoms with Gasteiger partial charge in [-0.25, -0.2) is 14.3 Å². The lowest BCUT2D eigenvalue weighted by Crippen LogP contribution is -2.50. The molecule has 1 aliphatic heterocycles. The van der Waals surface area contributed by atoms with Gasteiger partial charge < -0.3 is 15.1 Å². The molecular weight excluding hydrogens is 344 g/mol. The number of nitrogens with one attached hydrogen (secondary N) is 1. The molecule has 1 saturated heterocycles. The smallest absolute Gasteiger partial charge is 0.322 e. The van der Waals surface area contributed by atoms with Gasteiger partial charge in [-0.3, -0.25) is 4.68 Å². The van der Waals surface area contributed by atoms with E-state index in [1.807, 2.05) is 48.7 Å². The number of nitrogens with zero attached hydrogens (tertiary/aromatic N) is 7. The molecule has 27 heavy (non-hydrogen) atoms. The van der Waals surface area contributed by atoms with E-state index < -0.39 is 0 Å². The summed E-state index contributed by atoms with van der Waals surface area (Å²) in [6, 6.07) is 3.86. The largest absolute Gasteiger partial charge is 0.352 e. The number of urea groups is 1. The number of rotatable bonds is 3. The number of anilines is 2. The molecule has 3 aromatic heterocycles. The minimum absolute atomic E-state index is 0.0745. The molecule has 0 saturated carbocycles. The first kappa shape index (κ1) is 17.3. The van der Waals surface area contributed by atoms with E-state index in [0.717, 1.165) is 48.2 Å². The molecule has 9 nitrogen and oxygen atoms in total. The molecule has 4 heterocycles. The van der Waals surface area contributed by atoms with Gasteiger partial charge in [0.15, 0.2) is 5.65 Å². The van der Waals surface area contributed by atoms with E-state index >= 15 is 0 Å². The average Bonchev–Trinajstić information content (AvgIpc) is 3.26. The fourth-order valence-electron chi connectivity index (χ4n) is 3.48. The zero-order valence-corrected chi connectivity index (χ0v) is 15.9. The lowest BCUT2D eigenvalue weighted by atomic mass is 10.3. The molecule has 4 rings (SSSR count). The van der Waals surface area contributed by atoms with Gasteiger partial charge in [-0.1, -0.05) is 0 Å². The second-order valence-electron chi connectivity index (χ2n) is 6.69. The summed E-state index contributed by atoms with van der Waals surface area (Å²) < 4.78 is 3.67. The zero-order chi connectivity index (χ0) is 19.0. The molecule has 0 bridgehead atoms. The molecule has 0 spiro atoms. The van der Waals surface area contributed by atoms with Gasteiger partial charge in [0.25, 0.3) is 0 Å². The quantitative estimate of drug-likeness (QED) is 0.764. The predicted octanol–water partition coefficient (Wildman–Crippen LogP) is 1.92. The van der Waals surface area contributed by atoms with Gasteiger partial charge in [-0.05, 0) is 32.9 Å². The van der Waals surface area contributed by atoms with Crippen molar-refractivity contribution in [3.8, 4) is 0 Å². The SMILES string of the molecule is CCn1nc(C)c(NC(=O)N2CCN(c3ccc4nccn4n3)CC2)c1C. The van der Waals surface area contributed by atoms with Gasteiger partial charge in [0.05, 0.1) is 17.1 Å². The number of aryl methyl sites for hydroxylation is 2. The molecule has 0 unspecified atom stereocenters. The van der Waals surface area contributed by atoms with Crippen molar-refractivity contribution >= 4 is 23.2 Å². The predicted molar refractivity (Wildman–Crippen MR) is 103 cm³/mol. The Kier molecular flexibility index (Phi) is 4.43. The maximum atomic E-state index is 12.7. The Morgan fingerprint density at radius 1 is 1.15 bits per heavy atom. The third-order valence-corrected chi connectivity index (χ3v) is 5.04. The summed E-state index contributed by atoms with van der Waals surface area (Å²) in [4.78, 5) is 20.9. The summed E-state index contributed by atoms with van der Waals surface area (Å²) in [7, 11) is 0. The van der Waals surface area contributed by atoms with Crippen molar-refractivity contribution < 1.29 is 4.79 Å². The molecule has 1 N–H and O–H groups in total. The van der Waals surface area contributed by atoms with Gasteiger partial charge in [0, 0.05) is 45.1 Å². The van der Waals surface area contributed by atoms with Crippen LogP contribution in [0, 0.1) is 13.8 Å². The van der Waals surface area contributed by atoms with Gasteiger partial charge in [0.2, 0.25) is 0 Å². The number of amides is 2. The van der Waals surface area contributed by atoms with Gasteiger partial charge in [-0.15, -0.1) is 5.10 Å². The van der Waals surface area contributed by atoms with Crippen molar-refractivity contribution in [3.05, 3.63) is 35.9 Å². The average molecular weight is 368 g/mol. The number of piperazine rings is 1. The van der Waals surface area contributed by atoms with Crippen molar-refractivity contribution in [1.82, 2.24) is 29.3 Å². The molecule has 0 radical (unpaired) electrons. The fraction of sp³-hybridized carbons (Fsp3) is 0.444. The Balaban J connectivity index is 1.40. The second-order valence-corrected chi connectivity index (χ2v) is 6.69. The number of carbonyl (C=O) groups excluding carboxylic acids is 1. The first-order valence-electron chi connectivity index (χ1n) is 9.22. The van der Waals surface area contributed by atoms with Crippen LogP contribution in [0.15, 0.2) is 24.5 Å². The normalized spacial score (nSPS) is 14.8. The first-order valence-corrected chi connectivity index (χ1v) is 9.22. The van der Waals surface area contributed by atoms with Crippen LogP contribution in [0.25, 0.3) is 5.65 Å². The van der Waals surface area contributed by atoms with Crippen LogP contribution in [0.2, 0.25) is 0 Å². The summed E-state index contributed by atoms with van der Waals surface area (Å²) in [5, 5.41) is 12.1. The highest BCUT2D eigenvalue weighted by Gasteiger charge is 2.24. The highest BCUT2D eigenvalue weighted by molar-refractivity contribution is 5.90. The molecule has 142 valence electrons. The molecule has 0 atom stereocenters. The monoisotopic (exact) mass is 368 g/mol. The maximum absolute atomic E-state index is 12.7. The Hall–Kier alpha value is -3.10. The lowest BCUT2D eigenvalue weighted by Gasteiger charge is -2.35. The summed E-state index contributed by atoms with van der Waals surface area (Å²) in [5.41, 5.74) is 3.48. The van der Waals surface area contributed by atoms with Crippen LogP contribution in [0.1, 0.15) is 18.3 Å². The van der Waals surface area contributed by atoms with Crippen LogP contribution < -0.4 is 10.2 Å². The zero-order valence-electron chi connectivity index (χ0n) is 15.9. The molecule has 9 heteroatoms. The van der Waals surface area contributed by atoms with Crippen LogP contribution in [0.4, 0.5) is 16.3 Å². The van der Waals surface area contributed by atoms with Crippen molar-refractivity contribution in [2.45, 2.75) is 27.3 Å². The Labute approximate surface area is 157 Å². The molecule has 1 fully saturated rings. The van der Waals surface area contributed by atoms with Gasteiger partial charge >= 0.3 is 6.03 Å². The van der Waals surface area contributed by atoms with Crippen molar-refractivity contribution in [2.75, 3.05) is 36.4 Å². The minimum Gasteiger partial charge on any atom is -0.352 e. The van der Waals surface area contributed by atoms with Crippen LogP contribution in [0.5, 0.6) is 0 Å². The highest BCUT2D eigenvalue weighted by atomic mass is 16.2. The summed E-state index contributed by atoms with van der Waals surface area (Å²) in [6.07, 6.45) is 3.57. The number of hydrogen-bond acceptors (Lipinski definition) is 5. The third kappa shape index (κ3) is 3.20. The fourth-order valence-corrected chi connectivity index (χ4v) is 3.48. The summed E-state index contributed by atoms with van der Waals surface area (Å²) in [5.74, 6) is 0.900. The van der Waals surface area contributed by atoms with E-state index in [1.165, 1.54) is 0 Å². The summed E-state index contributed by atoms with van der Waals surface area (Å²) >= 11 is 0. The molecule has 0 aliphatic carbocycles. The Morgan fingerprint density at radius 3 is 2.63 bits per heavy atom. The van der Waals surface area contributed by atoms with Crippen LogP contribution >= 0.6 is 0 Å². The standard InChI is InChI=1S/C18H24N8O/c1-4-25-14(3)17(13(2)21-25)20-18(27)24-11-9-23(10-12-24)16-6-5-15-19-7-8-26(15)22-16/h5-8H,4,9-12H2,1-3H3,(H,20,27). The molecule has 0 aromatic carbocycles. The van der Waals surface area contributed by atoms with Crippen LogP contribution in [-0.4, -0.2) is 61.5 Å². The lowest BCUT2D eigenvalue weighted by molar-refractivity contribution is 0.208. The number of aromatic nitrogens is 5. The maximum Gasteiger partial charge on any atom is 0.322 e. The van der Waals surface area contributed by atoms with Crippen LogP contribution in [0.3, 0.4) is 0 Å². The van der Waals surface area contributed by atoms with E-state index in [-0.39, 0.29) is 6.03 Å². The number of fused-ring (bicyclic) bond motifs is 1. The molecular formula is C18H24N8O. The van der Waals surface area contributed by atoms with E-state index in [4.69, 9.17) is 0 Å². The minimum atomic E-state index is -0.0745. The van der Waals surface area contributed by atoms with Gasteiger partial charge in [0.1, 0.15) is 5.82 Å². The van der Waals surface area contributed by atoms with Gasteiger partial charge in [-0.2, -0.15) is 5.10 Å². The van der Waals surface area contributed by atoms with E-state index in [0.29, 0.717) is 13.1 Å². The van der Waals surface area contributed by atoms with Crippen molar-refractivity contribution in [3.63, 3.8) is 0 Å². The number of imidazole rings is 1. The Morgan fingerprint density at radius 2 is 1.93 bits per heavy atom. The molecule has 2 amide bonds. The van der Waals surface area contributed by atoms with E-state index in [9.17, 15) is 4.79 Å². The summed E-state index contributed by atoms with van der Waals surface area (Å²) in [6.45, 7) is 9.51. The Bertz CT molecular complexity index is 967. The van der Waals surface area contributed by atoms with E-state index in [1.54, 1.807) is 10.7 Å². The number of carbonyl (C=O) groups is 1. The highest BCUT2D eigenvalue weighted by Crippen LogP contribution is 2.20.